The van der Waals surface area contributed by atoms with Crippen LogP contribution in [0.4, 0.5) is 5.82 Å². The Balaban J connectivity index is 2.01. The van der Waals surface area contributed by atoms with Crippen LogP contribution in [0, 0.1) is 6.92 Å². The number of hydrogen-bond donors (Lipinski definition) is 2. The molecule has 0 fully saturated rings. The van der Waals surface area contributed by atoms with Gasteiger partial charge in [0.25, 0.3) is 0 Å². The van der Waals surface area contributed by atoms with Gasteiger partial charge in [-0.25, -0.2) is 9.97 Å². The van der Waals surface area contributed by atoms with Crippen molar-refractivity contribution in [1.29, 1.82) is 0 Å². The van der Waals surface area contributed by atoms with Gasteiger partial charge in [-0.2, -0.15) is 0 Å². The summed E-state index contributed by atoms with van der Waals surface area (Å²) in [6.07, 6.45) is 0. The minimum absolute atomic E-state index is 0.0744. The molecule has 0 bridgehead atoms. The second-order valence-electron chi connectivity index (χ2n) is 3.98. The molecule has 0 saturated carbocycles. The van der Waals surface area contributed by atoms with Crippen LogP contribution < -0.4 is 5.73 Å². The number of rotatable bonds is 4. The molecule has 0 radical (unpaired) electrons. The largest absolute Gasteiger partial charge is 0.392 e. The third-order valence-corrected chi connectivity index (χ3v) is 3.35. The van der Waals surface area contributed by atoms with E-state index in [2.05, 4.69) is 9.97 Å². The van der Waals surface area contributed by atoms with Gasteiger partial charge < -0.3 is 10.8 Å². The summed E-state index contributed by atoms with van der Waals surface area (Å²) in [4.78, 5) is 8.49. The van der Waals surface area contributed by atoms with E-state index in [0.29, 0.717) is 11.0 Å². The van der Waals surface area contributed by atoms with Crippen LogP contribution in [0.3, 0.4) is 0 Å². The van der Waals surface area contributed by atoms with Crippen LogP contribution in [0.25, 0.3) is 0 Å². The van der Waals surface area contributed by atoms with E-state index in [9.17, 15) is 0 Å². The van der Waals surface area contributed by atoms with Crippen LogP contribution >= 0.6 is 11.8 Å². The molecular formula is C13H15N3OS. The first-order valence-electron chi connectivity index (χ1n) is 5.60. The predicted molar refractivity (Wildman–Crippen MR) is 73.1 cm³/mol. The number of hydrogen-bond acceptors (Lipinski definition) is 5. The van der Waals surface area contributed by atoms with Crippen LogP contribution in [0.15, 0.2) is 35.5 Å². The molecule has 94 valence electrons. The molecule has 18 heavy (non-hydrogen) atoms. The lowest BCUT2D eigenvalue weighted by Crippen LogP contribution is -1.96. The van der Waals surface area contributed by atoms with Crippen molar-refractivity contribution in [3.05, 3.63) is 47.2 Å². The molecule has 3 N–H and O–H groups in total. The van der Waals surface area contributed by atoms with E-state index in [0.717, 1.165) is 17.0 Å². The van der Waals surface area contributed by atoms with Gasteiger partial charge in [-0.15, -0.1) is 0 Å². The average molecular weight is 261 g/mol. The molecular weight excluding hydrogens is 246 g/mol. The van der Waals surface area contributed by atoms with Crippen molar-refractivity contribution in [1.82, 2.24) is 9.97 Å². The molecule has 2 aromatic rings. The summed E-state index contributed by atoms with van der Waals surface area (Å²) in [7, 11) is 0. The average Bonchev–Trinajstić information content (AvgIpc) is 2.36. The summed E-state index contributed by atoms with van der Waals surface area (Å²) < 4.78 is 0. The van der Waals surface area contributed by atoms with Crippen molar-refractivity contribution in [2.45, 2.75) is 24.4 Å². The lowest BCUT2D eigenvalue weighted by atomic mass is 10.2. The second-order valence-corrected chi connectivity index (χ2v) is 4.92. The van der Waals surface area contributed by atoms with Crippen molar-refractivity contribution in [2.24, 2.45) is 0 Å². The highest BCUT2D eigenvalue weighted by molar-refractivity contribution is 7.98. The van der Waals surface area contributed by atoms with Crippen LogP contribution in [0.5, 0.6) is 0 Å². The van der Waals surface area contributed by atoms with Gasteiger partial charge in [0.1, 0.15) is 5.82 Å². The molecule has 2 rings (SSSR count). The first-order valence-corrected chi connectivity index (χ1v) is 6.58. The number of aliphatic hydroxyl groups is 1. The van der Waals surface area contributed by atoms with E-state index in [4.69, 9.17) is 10.8 Å². The van der Waals surface area contributed by atoms with E-state index in [-0.39, 0.29) is 6.61 Å². The zero-order valence-electron chi connectivity index (χ0n) is 10.1. The Morgan fingerprint density at radius 1 is 1.17 bits per heavy atom. The van der Waals surface area contributed by atoms with Crippen molar-refractivity contribution >= 4 is 17.6 Å². The zero-order chi connectivity index (χ0) is 13.0. The molecule has 1 heterocycles. The number of aryl methyl sites for hydroxylation is 1. The molecule has 0 atom stereocenters. The molecule has 4 nitrogen and oxygen atoms in total. The van der Waals surface area contributed by atoms with Gasteiger partial charge in [0.05, 0.1) is 6.61 Å². The molecule has 5 heteroatoms. The number of anilines is 1. The van der Waals surface area contributed by atoms with Crippen LogP contribution in [-0.2, 0) is 12.4 Å². The summed E-state index contributed by atoms with van der Waals surface area (Å²) in [5.74, 6) is 1.29. The Morgan fingerprint density at radius 3 is 2.44 bits per heavy atom. The molecule has 1 aromatic heterocycles. The SMILES string of the molecule is Cc1cc(N)nc(SCc2ccc(CO)cc2)n1. The van der Waals surface area contributed by atoms with Gasteiger partial charge in [-0.1, -0.05) is 36.0 Å². The van der Waals surface area contributed by atoms with Crippen molar-refractivity contribution in [3.63, 3.8) is 0 Å². The van der Waals surface area contributed by atoms with E-state index in [1.165, 1.54) is 5.56 Å². The normalized spacial score (nSPS) is 10.6. The van der Waals surface area contributed by atoms with Gasteiger partial charge in [0.2, 0.25) is 0 Å². The van der Waals surface area contributed by atoms with E-state index < -0.39 is 0 Å². The highest BCUT2D eigenvalue weighted by Gasteiger charge is 2.02. The van der Waals surface area contributed by atoms with E-state index in [1.807, 2.05) is 31.2 Å². The Labute approximate surface area is 110 Å². The molecule has 0 aliphatic carbocycles. The quantitative estimate of drug-likeness (QED) is 0.652. The zero-order valence-corrected chi connectivity index (χ0v) is 10.9. The molecule has 0 aliphatic rings. The third-order valence-electron chi connectivity index (χ3n) is 2.43. The number of nitrogen functional groups attached to an aromatic ring is 1. The summed E-state index contributed by atoms with van der Waals surface area (Å²) >= 11 is 1.55. The van der Waals surface area contributed by atoms with Gasteiger partial charge in [0, 0.05) is 17.5 Å². The molecule has 0 unspecified atom stereocenters. The van der Waals surface area contributed by atoms with Crippen molar-refractivity contribution in [3.8, 4) is 0 Å². The fourth-order valence-corrected chi connectivity index (χ4v) is 2.38. The van der Waals surface area contributed by atoms with Crippen molar-refractivity contribution < 1.29 is 5.11 Å². The van der Waals surface area contributed by atoms with Crippen LogP contribution in [0.2, 0.25) is 0 Å². The molecule has 0 amide bonds. The van der Waals surface area contributed by atoms with Gasteiger partial charge in [-0.3, -0.25) is 0 Å². The maximum atomic E-state index is 8.96. The maximum Gasteiger partial charge on any atom is 0.190 e. The van der Waals surface area contributed by atoms with Gasteiger partial charge in [-0.05, 0) is 18.1 Å². The first-order chi connectivity index (χ1) is 8.67. The lowest BCUT2D eigenvalue weighted by molar-refractivity contribution is 0.282. The highest BCUT2D eigenvalue weighted by atomic mass is 32.2. The van der Waals surface area contributed by atoms with Gasteiger partial charge in [0.15, 0.2) is 5.16 Å². The lowest BCUT2D eigenvalue weighted by Gasteiger charge is -2.04. The Bertz CT molecular complexity index is 508. The smallest absolute Gasteiger partial charge is 0.190 e. The van der Waals surface area contributed by atoms with E-state index in [1.54, 1.807) is 17.8 Å². The maximum absolute atomic E-state index is 8.96. The number of thioether (sulfide) groups is 1. The summed E-state index contributed by atoms with van der Waals surface area (Å²) in [5, 5.41) is 9.65. The molecule has 0 saturated heterocycles. The van der Waals surface area contributed by atoms with E-state index >= 15 is 0 Å². The Morgan fingerprint density at radius 2 is 1.83 bits per heavy atom. The Hall–Kier alpha value is -1.59. The number of nitrogens with two attached hydrogens (primary N) is 1. The monoisotopic (exact) mass is 261 g/mol. The van der Waals surface area contributed by atoms with Gasteiger partial charge >= 0.3 is 0 Å². The second kappa shape index (κ2) is 5.84. The predicted octanol–water partition coefficient (Wildman–Crippen LogP) is 2.15. The standard InChI is InChI=1S/C13H15N3OS/c1-9-6-12(14)16-13(15-9)18-8-11-4-2-10(7-17)3-5-11/h2-6,17H,7-8H2,1H3,(H2,14,15,16). The number of aliphatic hydroxyl groups excluding tert-OH is 1. The van der Waals surface area contributed by atoms with Crippen molar-refractivity contribution in [2.75, 3.05) is 5.73 Å². The number of benzene rings is 1. The molecule has 0 aliphatic heterocycles. The number of nitrogens with zero attached hydrogens (tertiary/aromatic N) is 2. The minimum Gasteiger partial charge on any atom is -0.392 e. The van der Waals surface area contributed by atoms with Crippen LogP contribution in [0.1, 0.15) is 16.8 Å². The minimum atomic E-state index is 0.0744. The fraction of sp³-hybridized carbons (Fsp3) is 0.231. The van der Waals surface area contributed by atoms with Crippen LogP contribution in [-0.4, -0.2) is 15.1 Å². The Kier molecular flexibility index (Phi) is 4.17. The summed E-state index contributed by atoms with van der Waals surface area (Å²) in [6, 6.07) is 9.58. The summed E-state index contributed by atoms with van der Waals surface area (Å²) in [6.45, 7) is 1.98. The number of aromatic nitrogens is 2. The topological polar surface area (TPSA) is 72.0 Å². The summed E-state index contributed by atoms with van der Waals surface area (Å²) in [5.41, 5.74) is 8.63. The third kappa shape index (κ3) is 3.45. The first kappa shape index (κ1) is 12.9. The molecule has 0 spiro atoms. The fourth-order valence-electron chi connectivity index (χ4n) is 1.52. The molecule has 1 aromatic carbocycles. The highest BCUT2D eigenvalue weighted by Crippen LogP contribution is 2.20.